The minimum Gasteiger partial charge on any atom is -0.373 e. The van der Waals surface area contributed by atoms with Gasteiger partial charge in [-0.15, -0.1) is 11.3 Å². The molecular weight excluding hydrogens is 256 g/mol. The average molecular weight is 282 g/mol. The van der Waals surface area contributed by atoms with Crippen molar-refractivity contribution >= 4 is 11.3 Å². The van der Waals surface area contributed by atoms with Crippen LogP contribution in [0.3, 0.4) is 0 Å². The van der Waals surface area contributed by atoms with Crippen LogP contribution < -0.4 is 11.3 Å². The van der Waals surface area contributed by atoms with E-state index < -0.39 is 0 Å². The van der Waals surface area contributed by atoms with Gasteiger partial charge in [-0.05, 0) is 62.5 Å². The molecular formula is C15H26N2OS. The topological polar surface area (TPSA) is 47.3 Å². The van der Waals surface area contributed by atoms with Gasteiger partial charge >= 0.3 is 0 Å². The third kappa shape index (κ3) is 3.02. The highest BCUT2D eigenvalue weighted by atomic mass is 32.1. The SMILES string of the molecule is CCOC1(C(NN)c2ccsc2C)CCC(C)CC1. The Kier molecular flexibility index (Phi) is 5.01. The van der Waals surface area contributed by atoms with Crippen molar-refractivity contribution in [1.29, 1.82) is 0 Å². The number of nitrogens with two attached hydrogens (primary N) is 1. The molecule has 1 aliphatic rings. The molecule has 1 aliphatic carbocycles. The van der Waals surface area contributed by atoms with Crippen LogP contribution in [0, 0.1) is 12.8 Å². The van der Waals surface area contributed by atoms with Crippen molar-refractivity contribution in [2.24, 2.45) is 11.8 Å². The number of aryl methyl sites for hydroxylation is 1. The van der Waals surface area contributed by atoms with Gasteiger partial charge in [0.15, 0.2) is 0 Å². The number of hydrogen-bond acceptors (Lipinski definition) is 4. The van der Waals surface area contributed by atoms with Gasteiger partial charge in [-0.25, -0.2) is 0 Å². The molecule has 0 amide bonds. The zero-order valence-electron chi connectivity index (χ0n) is 12.2. The Labute approximate surface area is 120 Å². The number of nitrogens with one attached hydrogen (secondary N) is 1. The van der Waals surface area contributed by atoms with Gasteiger partial charge in [0.25, 0.3) is 0 Å². The van der Waals surface area contributed by atoms with Crippen LogP contribution in [0.1, 0.15) is 56.0 Å². The Balaban J connectivity index is 2.28. The Morgan fingerprint density at radius 1 is 1.53 bits per heavy atom. The van der Waals surface area contributed by atoms with Crippen molar-refractivity contribution in [1.82, 2.24) is 5.43 Å². The summed E-state index contributed by atoms with van der Waals surface area (Å²) in [6, 6.07) is 2.29. The second-order valence-corrected chi connectivity index (χ2v) is 6.83. The van der Waals surface area contributed by atoms with E-state index >= 15 is 0 Å². The molecule has 0 saturated heterocycles. The van der Waals surface area contributed by atoms with Crippen LogP contribution >= 0.6 is 11.3 Å². The van der Waals surface area contributed by atoms with Crippen LogP contribution in [-0.4, -0.2) is 12.2 Å². The zero-order chi connectivity index (χ0) is 13.9. The standard InChI is InChI=1S/C15H26N2OS/c1-4-18-15(8-5-11(2)6-9-15)14(17-16)13-7-10-19-12(13)3/h7,10-11,14,17H,4-6,8-9,16H2,1-3H3. The van der Waals surface area contributed by atoms with Gasteiger partial charge in [0.2, 0.25) is 0 Å². The van der Waals surface area contributed by atoms with Crippen LogP contribution in [0.2, 0.25) is 0 Å². The van der Waals surface area contributed by atoms with Gasteiger partial charge < -0.3 is 4.74 Å². The van der Waals surface area contributed by atoms with Gasteiger partial charge in [0.05, 0.1) is 11.6 Å². The van der Waals surface area contributed by atoms with Gasteiger partial charge in [-0.1, -0.05) is 6.92 Å². The van der Waals surface area contributed by atoms with Crippen LogP contribution in [0.4, 0.5) is 0 Å². The van der Waals surface area contributed by atoms with E-state index in [-0.39, 0.29) is 11.6 Å². The van der Waals surface area contributed by atoms with Crippen molar-refractivity contribution in [3.63, 3.8) is 0 Å². The number of thiophene rings is 1. The van der Waals surface area contributed by atoms with Gasteiger partial charge in [0.1, 0.15) is 0 Å². The largest absolute Gasteiger partial charge is 0.373 e. The van der Waals surface area contributed by atoms with Gasteiger partial charge in [-0.2, -0.15) is 0 Å². The summed E-state index contributed by atoms with van der Waals surface area (Å²) in [4.78, 5) is 1.33. The lowest BCUT2D eigenvalue weighted by atomic mass is 9.73. The molecule has 0 aliphatic heterocycles. The van der Waals surface area contributed by atoms with Crippen LogP contribution in [-0.2, 0) is 4.74 Å². The summed E-state index contributed by atoms with van der Waals surface area (Å²) in [6.07, 6.45) is 4.63. The maximum absolute atomic E-state index is 6.21. The lowest BCUT2D eigenvalue weighted by Crippen LogP contribution is -2.50. The summed E-state index contributed by atoms with van der Waals surface area (Å²) in [5.41, 5.74) is 4.20. The van der Waals surface area contributed by atoms with E-state index in [1.54, 1.807) is 11.3 Å². The Bertz CT molecular complexity index is 397. The van der Waals surface area contributed by atoms with Gasteiger partial charge in [-0.3, -0.25) is 11.3 Å². The maximum Gasteiger partial charge on any atom is 0.0889 e. The smallest absolute Gasteiger partial charge is 0.0889 e. The van der Waals surface area contributed by atoms with Crippen molar-refractivity contribution in [3.8, 4) is 0 Å². The van der Waals surface area contributed by atoms with E-state index in [1.165, 1.54) is 23.3 Å². The third-order valence-electron chi connectivity index (χ3n) is 4.46. The highest BCUT2D eigenvalue weighted by Crippen LogP contribution is 2.44. The van der Waals surface area contributed by atoms with E-state index in [0.717, 1.165) is 25.4 Å². The molecule has 1 saturated carbocycles. The molecule has 3 nitrogen and oxygen atoms in total. The van der Waals surface area contributed by atoms with Crippen molar-refractivity contribution in [2.45, 2.75) is 58.1 Å². The first-order chi connectivity index (χ1) is 9.13. The Morgan fingerprint density at radius 3 is 2.68 bits per heavy atom. The zero-order valence-corrected chi connectivity index (χ0v) is 13.1. The molecule has 1 aromatic heterocycles. The molecule has 0 aromatic carbocycles. The van der Waals surface area contributed by atoms with E-state index in [1.807, 2.05) is 0 Å². The quantitative estimate of drug-likeness (QED) is 0.641. The summed E-state index contributed by atoms with van der Waals surface area (Å²) >= 11 is 1.78. The Morgan fingerprint density at radius 2 is 2.21 bits per heavy atom. The predicted octanol–water partition coefficient (Wildman–Crippen LogP) is 3.55. The first-order valence-electron chi connectivity index (χ1n) is 7.27. The second kappa shape index (κ2) is 6.35. The fraction of sp³-hybridized carbons (Fsp3) is 0.733. The molecule has 0 bridgehead atoms. The van der Waals surface area contributed by atoms with Crippen LogP contribution in [0.25, 0.3) is 0 Å². The predicted molar refractivity (Wildman–Crippen MR) is 81.1 cm³/mol. The fourth-order valence-electron chi connectivity index (χ4n) is 3.27. The summed E-state index contributed by atoms with van der Waals surface area (Å²) in [5, 5.41) is 2.14. The molecule has 0 spiro atoms. The molecule has 4 heteroatoms. The average Bonchev–Trinajstić information content (AvgIpc) is 2.81. The summed E-state index contributed by atoms with van der Waals surface area (Å²) < 4.78 is 6.21. The normalized spacial score (nSPS) is 29.4. The lowest BCUT2D eigenvalue weighted by Gasteiger charge is -2.44. The molecule has 108 valence electrons. The molecule has 1 fully saturated rings. The van der Waals surface area contributed by atoms with Crippen LogP contribution in [0.5, 0.6) is 0 Å². The van der Waals surface area contributed by atoms with E-state index in [2.05, 4.69) is 37.6 Å². The molecule has 2 rings (SSSR count). The molecule has 1 aromatic rings. The van der Waals surface area contributed by atoms with Crippen molar-refractivity contribution in [3.05, 3.63) is 21.9 Å². The Hall–Kier alpha value is -0.420. The highest BCUT2D eigenvalue weighted by molar-refractivity contribution is 7.10. The lowest BCUT2D eigenvalue weighted by molar-refractivity contribution is -0.0977. The molecule has 1 unspecified atom stereocenters. The number of ether oxygens (including phenoxy) is 1. The number of hydrazine groups is 1. The fourth-order valence-corrected chi connectivity index (χ4v) is 4.01. The van der Waals surface area contributed by atoms with E-state index in [4.69, 9.17) is 10.6 Å². The molecule has 1 heterocycles. The summed E-state index contributed by atoms with van der Waals surface area (Å²) in [5.74, 6) is 6.69. The number of hydrogen-bond donors (Lipinski definition) is 2. The third-order valence-corrected chi connectivity index (χ3v) is 5.32. The maximum atomic E-state index is 6.21. The summed E-state index contributed by atoms with van der Waals surface area (Å²) in [7, 11) is 0. The van der Waals surface area contributed by atoms with E-state index in [9.17, 15) is 0 Å². The second-order valence-electron chi connectivity index (χ2n) is 5.71. The summed E-state index contributed by atoms with van der Waals surface area (Å²) in [6.45, 7) is 7.32. The molecule has 3 N–H and O–H groups in total. The highest BCUT2D eigenvalue weighted by Gasteiger charge is 2.43. The first kappa shape index (κ1) is 15.0. The van der Waals surface area contributed by atoms with Crippen molar-refractivity contribution in [2.75, 3.05) is 6.61 Å². The number of rotatable bonds is 5. The van der Waals surface area contributed by atoms with E-state index in [0.29, 0.717) is 0 Å². The first-order valence-corrected chi connectivity index (χ1v) is 8.15. The molecule has 1 atom stereocenters. The minimum atomic E-state index is -0.137. The van der Waals surface area contributed by atoms with Crippen LogP contribution in [0.15, 0.2) is 11.4 Å². The van der Waals surface area contributed by atoms with Crippen molar-refractivity contribution < 1.29 is 4.74 Å². The molecule has 19 heavy (non-hydrogen) atoms. The monoisotopic (exact) mass is 282 g/mol. The van der Waals surface area contributed by atoms with Gasteiger partial charge in [0, 0.05) is 11.5 Å². The minimum absolute atomic E-state index is 0.103. The molecule has 0 radical (unpaired) electrons.